The number of fused-ring (bicyclic) bond motifs is 1. The number of benzene rings is 2. The van der Waals surface area contributed by atoms with Gasteiger partial charge in [0.15, 0.2) is 11.5 Å². The summed E-state index contributed by atoms with van der Waals surface area (Å²) in [5.74, 6) is 1.08. The van der Waals surface area contributed by atoms with Crippen molar-refractivity contribution in [1.29, 1.82) is 0 Å². The molecule has 1 aromatic heterocycles. The van der Waals surface area contributed by atoms with E-state index in [2.05, 4.69) is 15.2 Å². The number of nitrogens with two attached hydrogens (primary N) is 1. The molecule has 1 saturated heterocycles. The Morgan fingerprint density at radius 3 is 2.53 bits per heavy atom. The molecule has 11 heteroatoms. The summed E-state index contributed by atoms with van der Waals surface area (Å²) in [5, 5.41) is 13.4. The van der Waals surface area contributed by atoms with Crippen LogP contribution in [0.5, 0.6) is 11.5 Å². The number of likely N-dealkylation sites (tertiary alicyclic amines) is 1. The van der Waals surface area contributed by atoms with E-state index in [0.717, 1.165) is 24.0 Å². The molecule has 0 aliphatic carbocycles. The van der Waals surface area contributed by atoms with Crippen LogP contribution < -0.4 is 20.5 Å². The van der Waals surface area contributed by atoms with E-state index in [-0.39, 0.29) is 12.6 Å². The maximum atomic E-state index is 12.7. The predicted octanol–water partition coefficient (Wildman–Crippen LogP) is 3.67. The highest BCUT2D eigenvalue weighted by Crippen LogP contribution is 2.35. The molecule has 2 amide bonds. The van der Waals surface area contributed by atoms with Gasteiger partial charge in [-0.15, -0.1) is 0 Å². The minimum absolute atomic E-state index is 0.263. The summed E-state index contributed by atoms with van der Waals surface area (Å²) in [4.78, 5) is 31.3. The Bertz CT molecular complexity index is 1510. The second-order valence-electron chi connectivity index (χ2n) is 10.9. The van der Waals surface area contributed by atoms with E-state index in [1.807, 2.05) is 26.0 Å². The number of β-amino-alcohol motifs (C(OH)–C–C–N with tert-alkyl or cyclic N) is 1. The molecule has 4 rings (SSSR count). The van der Waals surface area contributed by atoms with Gasteiger partial charge in [-0.05, 0) is 62.0 Å². The number of nitrogens with one attached hydrogen (secondary N) is 1. The summed E-state index contributed by atoms with van der Waals surface area (Å²) < 4.78 is 18.6. The second kappa shape index (κ2) is 14.1. The molecule has 0 radical (unpaired) electrons. The molecule has 2 aromatic carbocycles. The lowest BCUT2D eigenvalue weighted by Gasteiger charge is -2.42. The maximum absolute atomic E-state index is 12.7. The molecule has 0 unspecified atom stereocenters. The van der Waals surface area contributed by atoms with E-state index in [4.69, 9.17) is 19.9 Å². The van der Waals surface area contributed by atoms with E-state index in [1.165, 1.54) is 29.1 Å². The smallest absolute Gasteiger partial charge is 0.325 e. The zero-order valence-electron chi connectivity index (χ0n) is 24.9. The molecular weight excluding hydrogens is 550 g/mol. The topological polar surface area (TPSA) is 141 Å². The van der Waals surface area contributed by atoms with Gasteiger partial charge in [0.05, 0.1) is 17.7 Å². The lowest BCUT2D eigenvalue weighted by Crippen LogP contribution is -2.50. The second-order valence-corrected chi connectivity index (χ2v) is 10.9. The molecule has 0 spiro atoms. The fourth-order valence-electron chi connectivity index (χ4n) is 4.82. The molecule has 11 nitrogen and oxygen atoms in total. The quantitative estimate of drug-likeness (QED) is 0.126. The van der Waals surface area contributed by atoms with Crippen LogP contribution in [0.2, 0.25) is 0 Å². The number of aliphatic imine (C=N–C) groups is 1. The fraction of sp³-hybridized carbons (Fsp3) is 0.344. The molecular formula is C32H39N5O6. The van der Waals surface area contributed by atoms with Gasteiger partial charge in [0.2, 0.25) is 0 Å². The highest BCUT2D eigenvalue weighted by atomic mass is 16.5. The van der Waals surface area contributed by atoms with E-state index < -0.39 is 11.5 Å². The minimum Gasteiger partial charge on any atom is -0.487 e. The number of amides is 2. The highest BCUT2D eigenvalue weighted by molar-refractivity contribution is 6.00. The Morgan fingerprint density at radius 1 is 1.14 bits per heavy atom. The number of carbonyl (C=O) groups excluding carboxylic acids is 2. The van der Waals surface area contributed by atoms with E-state index >= 15 is 0 Å². The number of carbonyl (C=O) groups is 2. The van der Waals surface area contributed by atoms with Gasteiger partial charge in [-0.1, -0.05) is 12.1 Å². The number of aromatic nitrogens is 1. The number of allylic oxidation sites excluding steroid dienone is 2. The van der Waals surface area contributed by atoms with E-state index in [9.17, 15) is 14.7 Å². The van der Waals surface area contributed by atoms with Crippen molar-refractivity contribution in [3.8, 4) is 11.5 Å². The first kappa shape index (κ1) is 31.5. The molecule has 43 heavy (non-hydrogen) atoms. The number of nitrogens with zero attached hydrogens (tertiary/aromatic N) is 3. The Morgan fingerprint density at radius 2 is 1.88 bits per heavy atom. The molecule has 3 aromatic rings. The lowest BCUT2D eigenvalue weighted by molar-refractivity contribution is 0.00735. The van der Waals surface area contributed by atoms with Crippen molar-refractivity contribution in [3.63, 3.8) is 0 Å². The van der Waals surface area contributed by atoms with Gasteiger partial charge >= 0.3 is 6.03 Å². The minimum atomic E-state index is -0.715. The maximum Gasteiger partial charge on any atom is 0.325 e. The van der Waals surface area contributed by atoms with Gasteiger partial charge in [-0.3, -0.25) is 14.3 Å². The van der Waals surface area contributed by atoms with Crippen LogP contribution in [0, 0.1) is 0 Å². The zero-order chi connectivity index (χ0) is 31.0. The molecule has 0 saturated carbocycles. The molecule has 228 valence electrons. The largest absolute Gasteiger partial charge is 0.487 e. The van der Waals surface area contributed by atoms with Gasteiger partial charge in [-0.25, -0.2) is 9.79 Å². The van der Waals surface area contributed by atoms with Crippen molar-refractivity contribution in [1.82, 2.24) is 14.8 Å². The molecule has 2 heterocycles. The van der Waals surface area contributed by atoms with Gasteiger partial charge in [0.1, 0.15) is 12.4 Å². The fourth-order valence-corrected chi connectivity index (χ4v) is 4.82. The number of rotatable bonds is 12. The van der Waals surface area contributed by atoms with Crippen LogP contribution in [0.4, 0.5) is 4.79 Å². The zero-order valence-corrected chi connectivity index (χ0v) is 24.9. The van der Waals surface area contributed by atoms with E-state index in [0.29, 0.717) is 47.4 Å². The summed E-state index contributed by atoms with van der Waals surface area (Å²) >= 11 is 0. The molecule has 1 fully saturated rings. The number of methoxy groups -OCH3 is 1. The standard InChI is InChI=1S/C32H39N5O6/c1-32(2,40)21-36-19-25(20-36)22-5-7-23(8-6-22)30(38)35-13-10-26(9-12-33)43-29-17-24-11-14-37(31(39)34-3)27(24)18-28(29)42-16-15-41-4/h5-14,17-18,25,40H,15-16,19-21,33H2,1-4H3,(H,34,39)/b12-9+,26-10+,35-13-. The van der Waals surface area contributed by atoms with Gasteiger partial charge in [0.25, 0.3) is 5.91 Å². The lowest BCUT2D eigenvalue weighted by atomic mass is 9.89. The Labute approximate surface area is 251 Å². The van der Waals surface area contributed by atoms with Crippen molar-refractivity contribution in [2.24, 2.45) is 10.7 Å². The summed E-state index contributed by atoms with van der Waals surface area (Å²) in [5.41, 5.74) is 7.20. The molecule has 0 bridgehead atoms. The van der Waals surface area contributed by atoms with Crippen molar-refractivity contribution in [3.05, 3.63) is 83.9 Å². The number of ether oxygens (including phenoxy) is 3. The van der Waals surface area contributed by atoms with Crippen LogP contribution in [-0.2, 0) is 4.74 Å². The average molecular weight is 590 g/mol. The highest BCUT2D eigenvalue weighted by Gasteiger charge is 2.31. The number of hydrogen-bond acceptors (Lipinski definition) is 8. The Hall–Kier alpha value is -4.45. The molecule has 1 aliphatic rings. The average Bonchev–Trinajstić information content (AvgIpc) is 3.36. The third kappa shape index (κ3) is 8.31. The van der Waals surface area contributed by atoms with Crippen molar-refractivity contribution in [2.45, 2.75) is 25.4 Å². The third-order valence-corrected chi connectivity index (χ3v) is 6.85. The summed E-state index contributed by atoms with van der Waals surface area (Å²) in [6.45, 7) is 6.63. The summed E-state index contributed by atoms with van der Waals surface area (Å²) in [6.07, 6.45) is 7.39. The third-order valence-electron chi connectivity index (χ3n) is 6.85. The SMILES string of the molecule is CNC(=O)n1ccc2cc(OC(/C=C/N)=C/C=N\C(=O)c3ccc(C4CN(CC(C)(C)O)C4)cc3)c(OCCOC)cc21. The molecule has 4 N–H and O–H groups in total. The van der Waals surface area contributed by atoms with Crippen molar-refractivity contribution in [2.75, 3.05) is 47.0 Å². The van der Waals surface area contributed by atoms with Crippen LogP contribution in [0.1, 0.15) is 35.7 Å². The normalized spacial score (nSPS) is 14.9. The molecule has 0 atom stereocenters. The summed E-state index contributed by atoms with van der Waals surface area (Å²) in [6, 6.07) is 12.4. The van der Waals surface area contributed by atoms with Crippen LogP contribution in [-0.4, -0.2) is 85.3 Å². The number of aliphatic hydroxyl groups is 1. The van der Waals surface area contributed by atoms with Crippen molar-refractivity contribution < 1.29 is 28.9 Å². The summed E-state index contributed by atoms with van der Waals surface area (Å²) in [7, 11) is 3.13. The van der Waals surface area contributed by atoms with Crippen LogP contribution in [0.15, 0.2) is 77.8 Å². The van der Waals surface area contributed by atoms with Gasteiger partial charge in [-0.2, -0.15) is 0 Å². The first-order valence-corrected chi connectivity index (χ1v) is 14.0. The van der Waals surface area contributed by atoms with E-state index in [1.54, 1.807) is 50.7 Å². The Balaban J connectivity index is 1.46. The first-order chi connectivity index (χ1) is 20.6. The van der Waals surface area contributed by atoms with Crippen LogP contribution >= 0.6 is 0 Å². The monoisotopic (exact) mass is 589 g/mol. The van der Waals surface area contributed by atoms with Gasteiger partial charge in [0, 0.05) is 69.1 Å². The predicted molar refractivity (Wildman–Crippen MR) is 166 cm³/mol. The molecule has 1 aliphatic heterocycles. The van der Waals surface area contributed by atoms with Crippen molar-refractivity contribution >= 4 is 29.1 Å². The first-order valence-electron chi connectivity index (χ1n) is 14.0. The number of hydrogen-bond donors (Lipinski definition) is 3. The van der Waals surface area contributed by atoms with Crippen LogP contribution in [0.3, 0.4) is 0 Å². The Kier molecular flexibility index (Phi) is 10.4. The van der Waals surface area contributed by atoms with Crippen LogP contribution in [0.25, 0.3) is 10.9 Å². The van der Waals surface area contributed by atoms with Gasteiger partial charge < -0.3 is 30.4 Å².